The van der Waals surface area contributed by atoms with Crippen LogP contribution in [0.1, 0.15) is 41.4 Å². The van der Waals surface area contributed by atoms with Gasteiger partial charge in [-0.05, 0) is 57.1 Å². The van der Waals surface area contributed by atoms with Crippen LogP contribution in [0.4, 0.5) is 5.69 Å². The minimum absolute atomic E-state index is 0.00553. The number of piperazine rings is 1. The standard InChI is InChI=1S/C24H32N6O/c1-17-13-22(16-25-15-17)24(31)28-23-8-6-7-21(14-23)18(2)26-19(3)27-20(4)30-11-9-29(5)10-12-30/h6-8,13-16,18,26H,3,9-12H2,1-2,4-5H3,(H,28,31)/b27-20+. The Bertz CT molecular complexity index is 962. The van der Waals surface area contributed by atoms with E-state index in [0.717, 1.165) is 48.8 Å². The summed E-state index contributed by atoms with van der Waals surface area (Å²) in [7, 11) is 2.14. The fourth-order valence-corrected chi connectivity index (χ4v) is 3.53. The second-order valence-electron chi connectivity index (χ2n) is 8.09. The number of nitrogens with one attached hydrogen (secondary N) is 2. The molecule has 0 saturated carbocycles. The molecule has 0 spiro atoms. The van der Waals surface area contributed by atoms with Crippen molar-refractivity contribution in [3.63, 3.8) is 0 Å². The van der Waals surface area contributed by atoms with Crippen LogP contribution in [0.15, 0.2) is 60.1 Å². The van der Waals surface area contributed by atoms with Crippen LogP contribution in [0.2, 0.25) is 0 Å². The predicted octanol–water partition coefficient (Wildman–Crippen LogP) is 3.43. The number of amidine groups is 1. The number of likely N-dealkylation sites (N-methyl/N-ethyl adjacent to an activating group) is 1. The molecule has 1 aliphatic rings. The van der Waals surface area contributed by atoms with Crippen molar-refractivity contribution in [2.45, 2.75) is 26.8 Å². The number of rotatable bonds is 6. The Balaban J connectivity index is 1.60. The van der Waals surface area contributed by atoms with Gasteiger partial charge in [0.1, 0.15) is 11.7 Å². The van der Waals surface area contributed by atoms with Gasteiger partial charge in [-0.15, -0.1) is 0 Å². The SMILES string of the molecule is C=C(/N=C(\C)N1CCN(C)CC1)NC(C)c1cccc(NC(=O)c2cncc(C)c2)c1. The Labute approximate surface area is 184 Å². The summed E-state index contributed by atoms with van der Waals surface area (Å²) in [6.07, 6.45) is 3.30. The third-order valence-corrected chi connectivity index (χ3v) is 5.42. The predicted molar refractivity (Wildman–Crippen MR) is 126 cm³/mol. The van der Waals surface area contributed by atoms with Gasteiger partial charge in [-0.3, -0.25) is 9.78 Å². The summed E-state index contributed by atoms with van der Waals surface area (Å²) >= 11 is 0. The monoisotopic (exact) mass is 420 g/mol. The molecule has 0 bridgehead atoms. The molecule has 2 N–H and O–H groups in total. The summed E-state index contributed by atoms with van der Waals surface area (Å²) in [5.41, 5.74) is 3.26. The number of aliphatic imine (C=N–C) groups is 1. The third kappa shape index (κ3) is 6.39. The molecule has 31 heavy (non-hydrogen) atoms. The molecule has 0 aliphatic carbocycles. The average molecular weight is 421 g/mol. The van der Waals surface area contributed by atoms with Crippen molar-refractivity contribution in [2.75, 3.05) is 38.5 Å². The highest BCUT2D eigenvalue weighted by Crippen LogP contribution is 2.19. The van der Waals surface area contributed by atoms with Crippen LogP contribution >= 0.6 is 0 Å². The first-order valence-electron chi connectivity index (χ1n) is 10.6. The van der Waals surface area contributed by atoms with Crippen molar-refractivity contribution in [1.82, 2.24) is 20.1 Å². The first kappa shape index (κ1) is 22.5. The average Bonchev–Trinajstić information content (AvgIpc) is 2.74. The van der Waals surface area contributed by atoms with Crippen LogP contribution in [0.25, 0.3) is 0 Å². The molecule has 1 aliphatic heterocycles. The fraction of sp³-hybridized carbons (Fsp3) is 0.375. The highest BCUT2D eigenvalue weighted by atomic mass is 16.1. The minimum atomic E-state index is -0.175. The number of hydrogen-bond donors (Lipinski definition) is 2. The Kier molecular flexibility index (Phi) is 7.41. The first-order chi connectivity index (χ1) is 14.8. The van der Waals surface area contributed by atoms with E-state index in [1.807, 2.05) is 44.2 Å². The van der Waals surface area contributed by atoms with Gasteiger partial charge in [-0.1, -0.05) is 18.7 Å². The van der Waals surface area contributed by atoms with Crippen LogP contribution in [0.3, 0.4) is 0 Å². The summed E-state index contributed by atoms with van der Waals surface area (Å²) in [6, 6.07) is 9.60. The molecule has 1 atom stereocenters. The Morgan fingerprint density at radius 1 is 1.19 bits per heavy atom. The van der Waals surface area contributed by atoms with Crippen molar-refractivity contribution in [3.05, 3.63) is 71.8 Å². The van der Waals surface area contributed by atoms with E-state index in [-0.39, 0.29) is 11.9 Å². The molecule has 1 fully saturated rings. The molecule has 1 aromatic heterocycles. The van der Waals surface area contributed by atoms with Gasteiger partial charge >= 0.3 is 0 Å². The quantitative estimate of drug-likeness (QED) is 0.553. The van der Waals surface area contributed by atoms with Gasteiger partial charge in [0.2, 0.25) is 0 Å². The summed E-state index contributed by atoms with van der Waals surface area (Å²) < 4.78 is 0. The summed E-state index contributed by atoms with van der Waals surface area (Å²) in [5.74, 6) is 1.43. The molecule has 0 radical (unpaired) electrons. The number of benzene rings is 1. The van der Waals surface area contributed by atoms with Gasteiger partial charge in [-0.25, -0.2) is 4.99 Å². The number of hydrogen-bond acceptors (Lipinski definition) is 5. The van der Waals surface area contributed by atoms with E-state index >= 15 is 0 Å². The molecule has 3 rings (SSSR count). The largest absolute Gasteiger partial charge is 0.364 e. The van der Waals surface area contributed by atoms with Crippen LogP contribution in [0, 0.1) is 6.92 Å². The molecule has 1 amide bonds. The number of pyridine rings is 1. The molecule has 2 aromatic rings. The molecule has 2 heterocycles. The van der Waals surface area contributed by atoms with E-state index < -0.39 is 0 Å². The van der Waals surface area contributed by atoms with Crippen LogP contribution < -0.4 is 10.6 Å². The zero-order valence-electron chi connectivity index (χ0n) is 18.9. The second kappa shape index (κ2) is 10.2. The fourth-order valence-electron chi connectivity index (χ4n) is 3.53. The van der Waals surface area contributed by atoms with Crippen LogP contribution in [-0.2, 0) is 0 Å². The van der Waals surface area contributed by atoms with Gasteiger partial charge in [0, 0.05) is 50.3 Å². The lowest BCUT2D eigenvalue weighted by Gasteiger charge is -2.33. The molecule has 1 saturated heterocycles. The number of aryl methyl sites for hydroxylation is 1. The number of anilines is 1. The lowest BCUT2D eigenvalue weighted by atomic mass is 10.1. The molecular weight excluding hydrogens is 388 g/mol. The number of aromatic nitrogens is 1. The lowest BCUT2D eigenvalue weighted by Crippen LogP contribution is -2.46. The molecule has 7 heteroatoms. The maximum absolute atomic E-state index is 12.5. The number of carbonyl (C=O) groups is 1. The number of amides is 1. The first-order valence-corrected chi connectivity index (χ1v) is 10.6. The highest BCUT2D eigenvalue weighted by molar-refractivity contribution is 6.04. The maximum Gasteiger partial charge on any atom is 0.257 e. The van der Waals surface area contributed by atoms with E-state index in [1.165, 1.54) is 0 Å². The van der Waals surface area contributed by atoms with Gasteiger partial charge in [0.15, 0.2) is 0 Å². The van der Waals surface area contributed by atoms with E-state index in [2.05, 4.69) is 51.0 Å². The van der Waals surface area contributed by atoms with Crippen molar-refractivity contribution >= 4 is 17.4 Å². The van der Waals surface area contributed by atoms with Crippen molar-refractivity contribution in [1.29, 1.82) is 0 Å². The molecule has 1 aromatic carbocycles. The van der Waals surface area contributed by atoms with Gasteiger partial charge in [0.05, 0.1) is 5.56 Å². The van der Waals surface area contributed by atoms with Crippen molar-refractivity contribution < 1.29 is 4.79 Å². The van der Waals surface area contributed by atoms with Gasteiger partial charge in [-0.2, -0.15) is 0 Å². The van der Waals surface area contributed by atoms with E-state index in [4.69, 9.17) is 0 Å². The van der Waals surface area contributed by atoms with Crippen LogP contribution in [0.5, 0.6) is 0 Å². The number of nitrogens with zero attached hydrogens (tertiary/aromatic N) is 4. The summed E-state index contributed by atoms with van der Waals surface area (Å²) in [6.45, 7) is 14.1. The Morgan fingerprint density at radius 3 is 2.65 bits per heavy atom. The molecule has 164 valence electrons. The van der Waals surface area contributed by atoms with Gasteiger partial charge < -0.3 is 20.4 Å². The molecule has 7 nitrogen and oxygen atoms in total. The second-order valence-corrected chi connectivity index (χ2v) is 8.09. The van der Waals surface area contributed by atoms with Crippen LogP contribution in [-0.4, -0.2) is 59.8 Å². The molecular formula is C24H32N6O. The van der Waals surface area contributed by atoms with E-state index in [1.54, 1.807) is 12.4 Å². The normalized spacial score (nSPS) is 16.0. The zero-order valence-corrected chi connectivity index (χ0v) is 18.9. The van der Waals surface area contributed by atoms with E-state index in [9.17, 15) is 4.79 Å². The number of carbonyl (C=O) groups excluding carboxylic acids is 1. The minimum Gasteiger partial charge on any atom is -0.364 e. The van der Waals surface area contributed by atoms with Crippen molar-refractivity contribution in [3.8, 4) is 0 Å². The maximum atomic E-state index is 12.5. The summed E-state index contributed by atoms with van der Waals surface area (Å²) in [5, 5.41) is 6.30. The topological polar surface area (TPSA) is 72.9 Å². The lowest BCUT2D eigenvalue weighted by molar-refractivity contribution is 0.102. The summed E-state index contributed by atoms with van der Waals surface area (Å²) in [4.78, 5) is 25.9. The Morgan fingerprint density at radius 2 is 1.94 bits per heavy atom. The third-order valence-electron chi connectivity index (χ3n) is 5.42. The zero-order chi connectivity index (χ0) is 22.4. The van der Waals surface area contributed by atoms with Crippen molar-refractivity contribution in [2.24, 2.45) is 4.99 Å². The van der Waals surface area contributed by atoms with Gasteiger partial charge in [0.25, 0.3) is 5.91 Å². The molecule has 1 unspecified atom stereocenters. The highest BCUT2D eigenvalue weighted by Gasteiger charge is 2.15. The smallest absolute Gasteiger partial charge is 0.257 e. The van der Waals surface area contributed by atoms with E-state index in [0.29, 0.717) is 11.4 Å². The Hall–Kier alpha value is -3.19.